The largest absolute Gasteiger partial charge is 0.377 e. The third-order valence-corrected chi connectivity index (χ3v) is 2.55. The Labute approximate surface area is 82.0 Å². The standard InChI is InChI=1S/C11H23NO/c1-9(2)7-10(3)13-8-11-5-4-6-12-11/h9-12H,4-8H2,1-3H3. The van der Waals surface area contributed by atoms with Crippen LogP contribution < -0.4 is 5.32 Å². The highest BCUT2D eigenvalue weighted by atomic mass is 16.5. The average molecular weight is 185 g/mol. The number of ether oxygens (including phenoxy) is 1. The lowest BCUT2D eigenvalue weighted by molar-refractivity contribution is 0.0403. The van der Waals surface area contributed by atoms with E-state index in [-0.39, 0.29) is 0 Å². The van der Waals surface area contributed by atoms with Crippen LogP contribution in [-0.4, -0.2) is 25.3 Å². The van der Waals surface area contributed by atoms with Gasteiger partial charge in [-0.3, -0.25) is 0 Å². The quantitative estimate of drug-likeness (QED) is 0.709. The molecule has 0 aromatic rings. The van der Waals surface area contributed by atoms with E-state index in [0.717, 1.165) is 12.5 Å². The maximum atomic E-state index is 5.77. The van der Waals surface area contributed by atoms with Crippen molar-refractivity contribution in [1.29, 1.82) is 0 Å². The molecule has 13 heavy (non-hydrogen) atoms. The van der Waals surface area contributed by atoms with Crippen LogP contribution in [0.15, 0.2) is 0 Å². The molecule has 0 amide bonds. The highest BCUT2D eigenvalue weighted by Crippen LogP contribution is 2.10. The fourth-order valence-electron chi connectivity index (χ4n) is 1.91. The SMILES string of the molecule is CC(C)CC(C)OCC1CCCN1. The van der Waals surface area contributed by atoms with Crippen molar-refractivity contribution in [3.63, 3.8) is 0 Å². The lowest BCUT2D eigenvalue weighted by Gasteiger charge is -2.18. The van der Waals surface area contributed by atoms with Gasteiger partial charge in [0.25, 0.3) is 0 Å². The van der Waals surface area contributed by atoms with E-state index in [2.05, 4.69) is 26.1 Å². The van der Waals surface area contributed by atoms with Gasteiger partial charge in [-0.05, 0) is 38.6 Å². The third kappa shape index (κ3) is 4.63. The zero-order valence-corrected chi connectivity index (χ0v) is 9.18. The molecule has 0 spiro atoms. The van der Waals surface area contributed by atoms with Crippen LogP contribution in [0, 0.1) is 5.92 Å². The first-order valence-electron chi connectivity index (χ1n) is 5.53. The van der Waals surface area contributed by atoms with Crippen LogP contribution in [0.3, 0.4) is 0 Å². The molecule has 1 fully saturated rings. The molecular weight excluding hydrogens is 162 g/mol. The van der Waals surface area contributed by atoms with Gasteiger partial charge in [0.1, 0.15) is 0 Å². The van der Waals surface area contributed by atoms with E-state index in [0.29, 0.717) is 12.1 Å². The summed E-state index contributed by atoms with van der Waals surface area (Å²) >= 11 is 0. The minimum absolute atomic E-state index is 0.419. The summed E-state index contributed by atoms with van der Waals surface area (Å²) in [6.45, 7) is 8.73. The van der Waals surface area contributed by atoms with Crippen molar-refractivity contribution in [1.82, 2.24) is 5.32 Å². The minimum atomic E-state index is 0.419. The van der Waals surface area contributed by atoms with E-state index in [1.54, 1.807) is 0 Å². The first-order chi connectivity index (χ1) is 6.18. The second-order valence-electron chi connectivity index (χ2n) is 4.57. The van der Waals surface area contributed by atoms with Crippen molar-refractivity contribution in [2.24, 2.45) is 5.92 Å². The molecular formula is C11H23NO. The predicted molar refractivity (Wildman–Crippen MR) is 55.9 cm³/mol. The smallest absolute Gasteiger partial charge is 0.0623 e. The average Bonchev–Trinajstić information content (AvgIpc) is 2.51. The Morgan fingerprint density at radius 1 is 1.38 bits per heavy atom. The second-order valence-corrected chi connectivity index (χ2v) is 4.57. The molecule has 2 nitrogen and oxygen atoms in total. The Hall–Kier alpha value is -0.0800. The van der Waals surface area contributed by atoms with Crippen molar-refractivity contribution in [3.8, 4) is 0 Å². The van der Waals surface area contributed by atoms with E-state index in [1.165, 1.54) is 25.8 Å². The van der Waals surface area contributed by atoms with Crippen molar-refractivity contribution in [2.75, 3.05) is 13.2 Å². The topological polar surface area (TPSA) is 21.3 Å². The third-order valence-electron chi connectivity index (χ3n) is 2.55. The van der Waals surface area contributed by atoms with Gasteiger partial charge < -0.3 is 10.1 Å². The van der Waals surface area contributed by atoms with E-state index in [9.17, 15) is 0 Å². The molecule has 0 aromatic carbocycles. The Kier molecular flexibility index (Phi) is 4.74. The molecule has 1 aliphatic heterocycles. The number of hydrogen-bond donors (Lipinski definition) is 1. The molecule has 1 N–H and O–H groups in total. The summed E-state index contributed by atoms with van der Waals surface area (Å²) in [5, 5.41) is 3.44. The van der Waals surface area contributed by atoms with Gasteiger partial charge in [-0.1, -0.05) is 13.8 Å². The Balaban J connectivity index is 2.03. The molecule has 2 heteroatoms. The van der Waals surface area contributed by atoms with Gasteiger partial charge in [-0.15, -0.1) is 0 Å². The van der Waals surface area contributed by atoms with Gasteiger partial charge >= 0.3 is 0 Å². The van der Waals surface area contributed by atoms with Gasteiger partial charge in [0.2, 0.25) is 0 Å². The molecule has 0 aliphatic carbocycles. The first-order valence-corrected chi connectivity index (χ1v) is 5.53. The predicted octanol–water partition coefficient (Wildman–Crippen LogP) is 2.19. The maximum absolute atomic E-state index is 5.77. The normalized spacial score (nSPS) is 25.4. The zero-order chi connectivity index (χ0) is 9.68. The lowest BCUT2D eigenvalue weighted by Crippen LogP contribution is -2.29. The molecule has 0 bridgehead atoms. The van der Waals surface area contributed by atoms with Crippen LogP contribution in [0.1, 0.15) is 40.0 Å². The van der Waals surface area contributed by atoms with Crippen LogP contribution >= 0.6 is 0 Å². The summed E-state index contributed by atoms with van der Waals surface area (Å²) in [5.74, 6) is 0.742. The maximum Gasteiger partial charge on any atom is 0.0623 e. The van der Waals surface area contributed by atoms with Crippen LogP contribution in [-0.2, 0) is 4.74 Å². The fraction of sp³-hybridized carbons (Fsp3) is 1.00. The summed E-state index contributed by atoms with van der Waals surface area (Å²) in [7, 11) is 0. The minimum Gasteiger partial charge on any atom is -0.377 e. The summed E-state index contributed by atoms with van der Waals surface area (Å²) in [6.07, 6.45) is 4.19. The number of rotatable bonds is 5. The molecule has 0 saturated carbocycles. The van der Waals surface area contributed by atoms with Crippen LogP contribution in [0.5, 0.6) is 0 Å². The molecule has 1 rings (SSSR count). The van der Waals surface area contributed by atoms with Crippen molar-refractivity contribution in [2.45, 2.75) is 52.2 Å². The van der Waals surface area contributed by atoms with Gasteiger partial charge in [-0.25, -0.2) is 0 Å². The number of nitrogens with one attached hydrogen (secondary N) is 1. The van der Waals surface area contributed by atoms with Crippen molar-refractivity contribution >= 4 is 0 Å². The highest BCUT2D eigenvalue weighted by molar-refractivity contribution is 4.73. The van der Waals surface area contributed by atoms with E-state index < -0.39 is 0 Å². The van der Waals surface area contributed by atoms with Crippen LogP contribution in [0.4, 0.5) is 0 Å². The molecule has 1 saturated heterocycles. The Morgan fingerprint density at radius 3 is 2.69 bits per heavy atom. The van der Waals surface area contributed by atoms with Gasteiger partial charge in [-0.2, -0.15) is 0 Å². The summed E-state index contributed by atoms with van der Waals surface area (Å²) in [4.78, 5) is 0. The van der Waals surface area contributed by atoms with E-state index >= 15 is 0 Å². The lowest BCUT2D eigenvalue weighted by atomic mass is 10.1. The zero-order valence-electron chi connectivity index (χ0n) is 9.18. The van der Waals surface area contributed by atoms with E-state index in [1.807, 2.05) is 0 Å². The fourth-order valence-corrected chi connectivity index (χ4v) is 1.91. The monoisotopic (exact) mass is 185 g/mol. The van der Waals surface area contributed by atoms with Crippen LogP contribution in [0.2, 0.25) is 0 Å². The summed E-state index contributed by atoms with van der Waals surface area (Å²) in [6, 6.07) is 0.620. The Morgan fingerprint density at radius 2 is 2.15 bits per heavy atom. The van der Waals surface area contributed by atoms with Gasteiger partial charge in [0, 0.05) is 6.04 Å². The second kappa shape index (κ2) is 5.61. The van der Waals surface area contributed by atoms with Gasteiger partial charge in [0.15, 0.2) is 0 Å². The molecule has 2 atom stereocenters. The first kappa shape index (κ1) is 11.0. The molecule has 0 aromatic heterocycles. The molecule has 2 unspecified atom stereocenters. The highest BCUT2D eigenvalue weighted by Gasteiger charge is 2.15. The summed E-state index contributed by atoms with van der Waals surface area (Å²) in [5.41, 5.74) is 0. The molecule has 1 aliphatic rings. The van der Waals surface area contributed by atoms with Crippen LogP contribution in [0.25, 0.3) is 0 Å². The molecule has 78 valence electrons. The molecule has 1 heterocycles. The Bertz CT molecular complexity index is 130. The van der Waals surface area contributed by atoms with Crippen molar-refractivity contribution < 1.29 is 4.74 Å². The molecule has 0 radical (unpaired) electrons. The van der Waals surface area contributed by atoms with E-state index in [4.69, 9.17) is 4.74 Å². The van der Waals surface area contributed by atoms with Gasteiger partial charge in [0.05, 0.1) is 12.7 Å². The summed E-state index contributed by atoms with van der Waals surface area (Å²) < 4.78 is 5.77. The number of hydrogen-bond acceptors (Lipinski definition) is 2. The van der Waals surface area contributed by atoms with Crippen molar-refractivity contribution in [3.05, 3.63) is 0 Å².